The second-order valence-corrected chi connectivity index (χ2v) is 6.41. The van der Waals surface area contributed by atoms with Crippen molar-refractivity contribution in [2.24, 2.45) is 0 Å². The molecule has 1 rings (SSSR count). The van der Waals surface area contributed by atoms with Gasteiger partial charge in [-0.25, -0.2) is 4.21 Å². The van der Waals surface area contributed by atoms with Crippen molar-refractivity contribution in [1.82, 2.24) is 4.72 Å². The zero-order valence-electron chi connectivity index (χ0n) is 9.13. The van der Waals surface area contributed by atoms with Crippen LogP contribution < -0.4 is 4.72 Å². The maximum atomic E-state index is 11.6. The van der Waals surface area contributed by atoms with Gasteiger partial charge in [-0.2, -0.15) is 0 Å². The summed E-state index contributed by atoms with van der Waals surface area (Å²) in [5.41, 5.74) is 1.30. The fraction of sp³-hybridized carbons (Fsp3) is 0.800. The van der Waals surface area contributed by atoms with E-state index in [1.165, 1.54) is 5.57 Å². The topological polar surface area (TPSA) is 38.3 Å². The van der Waals surface area contributed by atoms with E-state index >= 15 is 0 Å². The van der Waals surface area contributed by atoms with E-state index in [4.69, 9.17) is 4.74 Å². The van der Waals surface area contributed by atoms with Crippen molar-refractivity contribution >= 4 is 11.0 Å². The molecule has 0 aliphatic carbocycles. The molecule has 0 aromatic heterocycles. The quantitative estimate of drug-likeness (QED) is 0.765. The molecule has 0 aromatic rings. The molecule has 4 heteroatoms. The molecule has 1 N–H and O–H groups in total. The molecule has 82 valence electrons. The molecule has 1 saturated heterocycles. The molecule has 1 aliphatic heterocycles. The summed E-state index contributed by atoms with van der Waals surface area (Å²) in [7, 11) is -1.01. The molecule has 14 heavy (non-hydrogen) atoms. The van der Waals surface area contributed by atoms with E-state index in [9.17, 15) is 4.21 Å². The fourth-order valence-corrected chi connectivity index (χ4v) is 1.72. The van der Waals surface area contributed by atoms with Gasteiger partial charge in [0, 0.05) is 6.20 Å². The zero-order chi connectivity index (χ0) is 10.6. The van der Waals surface area contributed by atoms with E-state index in [2.05, 4.69) is 4.72 Å². The Morgan fingerprint density at radius 3 is 2.43 bits per heavy atom. The Morgan fingerprint density at radius 2 is 1.93 bits per heavy atom. The molecule has 0 aromatic carbocycles. The molecule has 3 nitrogen and oxygen atoms in total. The molecule has 0 radical (unpaired) electrons. The molecule has 1 fully saturated rings. The molecule has 1 aliphatic rings. The zero-order valence-corrected chi connectivity index (χ0v) is 9.95. The SMILES string of the molecule is CC(C)(C)[S@](=O)NC=C1CCOCC1. The molecule has 0 bridgehead atoms. The van der Waals surface area contributed by atoms with Gasteiger partial charge >= 0.3 is 0 Å². The first-order valence-corrected chi connectivity index (χ1v) is 6.09. The third-order valence-electron chi connectivity index (χ3n) is 2.06. The number of ether oxygens (including phenoxy) is 1. The smallest absolute Gasteiger partial charge is 0.122 e. The summed E-state index contributed by atoms with van der Waals surface area (Å²) in [5.74, 6) is 0. The Morgan fingerprint density at radius 1 is 1.36 bits per heavy atom. The minimum atomic E-state index is -1.01. The summed E-state index contributed by atoms with van der Waals surface area (Å²) in [4.78, 5) is 0. The summed E-state index contributed by atoms with van der Waals surface area (Å²) in [5, 5.41) is 0. The number of hydrogen-bond acceptors (Lipinski definition) is 2. The van der Waals surface area contributed by atoms with Crippen LogP contribution in [-0.2, 0) is 15.7 Å². The van der Waals surface area contributed by atoms with Crippen LogP contribution in [0, 0.1) is 0 Å². The van der Waals surface area contributed by atoms with Gasteiger partial charge in [0.1, 0.15) is 11.0 Å². The van der Waals surface area contributed by atoms with Gasteiger partial charge in [0.05, 0.1) is 18.0 Å². The lowest BCUT2D eigenvalue weighted by molar-refractivity contribution is 0.119. The number of nitrogens with one attached hydrogen (secondary N) is 1. The first-order chi connectivity index (χ1) is 6.50. The van der Waals surface area contributed by atoms with Crippen molar-refractivity contribution in [1.29, 1.82) is 0 Å². The Labute approximate surface area is 88.5 Å². The molecule has 0 unspecified atom stereocenters. The van der Waals surface area contributed by atoms with Gasteiger partial charge in [0.15, 0.2) is 0 Å². The maximum Gasteiger partial charge on any atom is 0.122 e. The first kappa shape index (κ1) is 11.7. The summed E-state index contributed by atoms with van der Waals surface area (Å²) in [6.07, 6.45) is 3.80. The normalized spacial score (nSPS) is 20.4. The van der Waals surface area contributed by atoms with Gasteiger partial charge in [-0.15, -0.1) is 0 Å². The minimum absolute atomic E-state index is 0.206. The molecule has 1 heterocycles. The molecular weight excluding hydrogens is 198 g/mol. The summed E-state index contributed by atoms with van der Waals surface area (Å²) >= 11 is 0. The standard InChI is InChI=1S/C10H19NO2S/c1-10(2,3)14(12)11-8-9-4-6-13-7-5-9/h8,11H,4-7H2,1-3H3/t14-/m0/s1. The van der Waals surface area contributed by atoms with Crippen LogP contribution in [0.15, 0.2) is 11.8 Å². The Hall–Kier alpha value is -0.350. The van der Waals surface area contributed by atoms with Crippen LogP contribution in [0.1, 0.15) is 33.6 Å². The van der Waals surface area contributed by atoms with Gasteiger partial charge in [-0.1, -0.05) is 0 Å². The molecule has 1 atom stereocenters. The van der Waals surface area contributed by atoms with Crippen LogP contribution in [0.5, 0.6) is 0 Å². The third-order valence-corrected chi connectivity index (χ3v) is 3.51. The molecule has 0 amide bonds. The third kappa shape index (κ3) is 3.80. The van der Waals surface area contributed by atoms with Crippen LogP contribution in [0.3, 0.4) is 0 Å². The van der Waals surface area contributed by atoms with E-state index in [1.54, 1.807) is 0 Å². The van der Waals surface area contributed by atoms with E-state index in [0.29, 0.717) is 0 Å². The Bertz CT molecular complexity index is 235. The highest BCUT2D eigenvalue weighted by atomic mass is 32.2. The average Bonchev–Trinajstić information content (AvgIpc) is 2.14. The van der Waals surface area contributed by atoms with Crippen molar-refractivity contribution in [2.45, 2.75) is 38.4 Å². The fourth-order valence-electron chi connectivity index (χ4n) is 1.09. The molecule has 0 spiro atoms. The largest absolute Gasteiger partial charge is 0.381 e. The van der Waals surface area contributed by atoms with Gasteiger partial charge in [-0.05, 0) is 39.2 Å². The lowest BCUT2D eigenvalue weighted by Gasteiger charge is -2.19. The first-order valence-electron chi connectivity index (χ1n) is 4.94. The summed E-state index contributed by atoms with van der Waals surface area (Å²) in [6.45, 7) is 7.45. The highest BCUT2D eigenvalue weighted by Crippen LogP contribution is 2.13. The molecule has 0 saturated carbocycles. The highest BCUT2D eigenvalue weighted by molar-refractivity contribution is 7.84. The number of rotatable bonds is 2. The van der Waals surface area contributed by atoms with Crippen LogP contribution in [-0.4, -0.2) is 22.2 Å². The molecular formula is C10H19NO2S. The average molecular weight is 217 g/mol. The Balaban J connectivity index is 2.41. The lowest BCUT2D eigenvalue weighted by Crippen LogP contribution is -2.30. The number of hydrogen-bond donors (Lipinski definition) is 1. The predicted molar refractivity (Wildman–Crippen MR) is 59.2 cm³/mol. The highest BCUT2D eigenvalue weighted by Gasteiger charge is 2.18. The predicted octanol–water partition coefficient (Wildman–Crippen LogP) is 1.73. The van der Waals surface area contributed by atoms with Crippen molar-refractivity contribution in [2.75, 3.05) is 13.2 Å². The second-order valence-electron chi connectivity index (χ2n) is 4.41. The maximum absolute atomic E-state index is 11.6. The van der Waals surface area contributed by atoms with E-state index < -0.39 is 11.0 Å². The van der Waals surface area contributed by atoms with Crippen LogP contribution in [0.25, 0.3) is 0 Å². The summed E-state index contributed by atoms with van der Waals surface area (Å²) in [6, 6.07) is 0. The van der Waals surface area contributed by atoms with E-state index in [1.807, 2.05) is 27.0 Å². The summed E-state index contributed by atoms with van der Waals surface area (Å²) < 4.78 is 19.6. The lowest BCUT2D eigenvalue weighted by atomic mass is 10.1. The van der Waals surface area contributed by atoms with Crippen LogP contribution in [0.2, 0.25) is 0 Å². The van der Waals surface area contributed by atoms with Crippen molar-refractivity contribution < 1.29 is 8.95 Å². The Kier molecular flexibility index (Phi) is 4.13. The van der Waals surface area contributed by atoms with Gasteiger partial charge in [-0.3, -0.25) is 0 Å². The van der Waals surface area contributed by atoms with Gasteiger partial charge in [0.2, 0.25) is 0 Å². The van der Waals surface area contributed by atoms with Gasteiger partial charge in [0.25, 0.3) is 0 Å². The monoisotopic (exact) mass is 217 g/mol. The van der Waals surface area contributed by atoms with Crippen molar-refractivity contribution in [3.63, 3.8) is 0 Å². The van der Waals surface area contributed by atoms with Crippen LogP contribution in [0.4, 0.5) is 0 Å². The van der Waals surface area contributed by atoms with Gasteiger partial charge < -0.3 is 9.46 Å². The van der Waals surface area contributed by atoms with E-state index in [0.717, 1.165) is 26.1 Å². The second kappa shape index (κ2) is 4.94. The van der Waals surface area contributed by atoms with E-state index in [-0.39, 0.29) is 4.75 Å². The van der Waals surface area contributed by atoms with Crippen LogP contribution >= 0.6 is 0 Å². The minimum Gasteiger partial charge on any atom is -0.381 e. The van der Waals surface area contributed by atoms with Crippen molar-refractivity contribution in [3.05, 3.63) is 11.8 Å². The van der Waals surface area contributed by atoms with Crippen molar-refractivity contribution in [3.8, 4) is 0 Å².